The van der Waals surface area contributed by atoms with Gasteiger partial charge in [0.25, 0.3) is 0 Å². The van der Waals surface area contributed by atoms with E-state index >= 15 is 0 Å². The third-order valence-corrected chi connectivity index (χ3v) is 3.22. The van der Waals surface area contributed by atoms with E-state index in [0.29, 0.717) is 6.04 Å². The number of hydrogen-bond acceptors (Lipinski definition) is 1. The van der Waals surface area contributed by atoms with Crippen molar-refractivity contribution < 1.29 is 0 Å². The molecule has 1 aliphatic carbocycles. The highest BCUT2D eigenvalue weighted by Crippen LogP contribution is 2.40. The number of hydrogen-bond donors (Lipinski definition) is 1. The van der Waals surface area contributed by atoms with Gasteiger partial charge in [-0.1, -0.05) is 24.3 Å². The van der Waals surface area contributed by atoms with Crippen LogP contribution in [-0.4, -0.2) is 6.54 Å². The van der Waals surface area contributed by atoms with Gasteiger partial charge in [0.15, 0.2) is 0 Å². The fourth-order valence-electron chi connectivity index (χ4n) is 2.65. The van der Waals surface area contributed by atoms with Gasteiger partial charge in [-0.25, -0.2) is 0 Å². The summed E-state index contributed by atoms with van der Waals surface area (Å²) in [5, 5.41) is 3.57. The van der Waals surface area contributed by atoms with Crippen molar-refractivity contribution in [3.8, 4) is 0 Å². The van der Waals surface area contributed by atoms with Crippen LogP contribution in [0.25, 0.3) is 0 Å². The first kappa shape index (κ1) is 6.67. The molecule has 0 amide bonds. The van der Waals surface area contributed by atoms with E-state index in [-0.39, 0.29) is 0 Å². The van der Waals surface area contributed by atoms with E-state index in [2.05, 4.69) is 29.6 Å². The number of nitrogens with one attached hydrogen (secondary N) is 1. The summed E-state index contributed by atoms with van der Waals surface area (Å²) in [4.78, 5) is 0. The smallest absolute Gasteiger partial charge is 0.0355 e. The lowest BCUT2D eigenvalue weighted by Gasteiger charge is -2.09. The molecule has 1 saturated heterocycles. The normalized spacial score (nSPS) is 31.7. The fraction of sp³-hybridized carbons (Fsp3) is 0.455. The molecule has 12 heavy (non-hydrogen) atoms. The molecule has 1 aromatic rings. The molecule has 1 N–H and O–H groups in total. The zero-order valence-corrected chi connectivity index (χ0v) is 7.09. The van der Waals surface area contributed by atoms with Crippen molar-refractivity contribution in [2.24, 2.45) is 5.92 Å². The van der Waals surface area contributed by atoms with Gasteiger partial charge in [0.1, 0.15) is 0 Å². The van der Waals surface area contributed by atoms with Gasteiger partial charge in [-0.15, -0.1) is 0 Å². The van der Waals surface area contributed by atoms with Gasteiger partial charge < -0.3 is 5.32 Å². The van der Waals surface area contributed by atoms with Gasteiger partial charge in [0.05, 0.1) is 0 Å². The second-order valence-corrected chi connectivity index (χ2v) is 3.88. The van der Waals surface area contributed by atoms with Crippen molar-refractivity contribution in [1.29, 1.82) is 0 Å². The number of rotatable bonds is 0. The highest BCUT2D eigenvalue weighted by Gasteiger charge is 2.34. The van der Waals surface area contributed by atoms with Crippen molar-refractivity contribution in [2.75, 3.05) is 6.54 Å². The molecule has 1 aliphatic heterocycles. The molecule has 1 fully saturated rings. The summed E-state index contributed by atoms with van der Waals surface area (Å²) in [6.45, 7) is 1.21. The summed E-state index contributed by atoms with van der Waals surface area (Å²) in [5.41, 5.74) is 3.12. The average molecular weight is 159 g/mol. The van der Waals surface area contributed by atoms with Crippen molar-refractivity contribution in [3.05, 3.63) is 35.4 Å². The van der Waals surface area contributed by atoms with Gasteiger partial charge >= 0.3 is 0 Å². The molecule has 3 rings (SSSR count). The zero-order chi connectivity index (χ0) is 7.97. The molecule has 1 heterocycles. The van der Waals surface area contributed by atoms with Crippen LogP contribution in [-0.2, 0) is 6.42 Å². The minimum absolute atomic E-state index is 0.682. The third kappa shape index (κ3) is 0.774. The Bertz CT molecular complexity index is 306. The molecule has 1 nitrogen and oxygen atoms in total. The van der Waals surface area contributed by atoms with E-state index in [4.69, 9.17) is 0 Å². The maximum atomic E-state index is 3.57. The number of benzene rings is 1. The van der Waals surface area contributed by atoms with Crippen LogP contribution >= 0.6 is 0 Å². The SMILES string of the molecule is c1ccc2c(c1)CC1CCNC21. The maximum Gasteiger partial charge on any atom is 0.0355 e. The van der Waals surface area contributed by atoms with Crippen LogP contribution in [0.5, 0.6) is 0 Å². The molecule has 2 atom stereocenters. The first-order valence-electron chi connectivity index (χ1n) is 4.76. The summed E-state index contributed by atoms with van der Waals surface area (Å²) < 4.78 is 0. The Morgan fingerprint density at radius 3 is 3.17 bits per heavy atom. The van der Waals surface area contributed by atoms with E-state index in [0.717, 1.165) is 5.92 Å². The molecule has 0 saturated carbocycles. The minimum Gasteiger partial charge on any atom is -0.310 e. The average Bonchev–Trinajstić information content (AvgIpc) is 2.62. The quantitative estimate of drug-likeness (QED) is 0.609. The molecule has 0 radical (unpaired) electrons. The Labute approximate surface area is 72.8 Å². The molecule has 1 heteroatoms. The Morgan fingerprint density at radius 2 is 2.17 bits per heavy atom. The van der Waals surface area contributed by atoms with Crippen LogP contribution in [0.3, 0.4) is 0 Å². The Morgan fingerprint density at radius 1 is 1.25 bits per heavy atom. The van der Waals surface area contributed by atoms with Crippen molar-refractivity contribution >= 4 is 0 Å². The standard InChI is InChI=1S/C11H13N/c1-2-4-10-8(3-1)7-9-5-6-12-11(9)10/h1-4,9,11-12H,5-7H2. The molecule has 0 spiro atoms. The van der Waals surface area contributed by atoms with Gasteiger partial charge in [-0.05, 0) is 36.4 Å². The van der Waals surface area contributed by atoms with Crippen LogP contribution in [0.1, 0.15) is 23.6 Å². The minimum atomic E-state index is 0.682. The molecule has 0 bridgehead atoms. The molecule has 1 aromatic carbocycles. The highest BCUT2D eigenvalue weighted by molar-refractivity contribution is 5.36. The molecule has 2 unspecified atom stereocenters. The van der Waals surface area contributed by atoms with E-state index in [1.165, 1.54) is 19.4 Å². The molecular weight excluding hydrogens is 146 g/mol. The lowest BCUT2D eigenvalue weighted by atomic mass is 10.0. The molecule has 62 valence electrons. The van der Waals surface area contributed by atoms with Crippen LogP contribution in [0, 0.1) is 5.92 Å². The maximum absolute atomic E-state index is 3.57. The summed E-state index contributed by atoms with van der Waals surface area (Å²) in [6.07, 6.45) is 2.66. The van der Waals surface area contributed by atoms with E-state index in [9.17, 15) is 0 Å². The fourth-order valence-corrected chi connectivity index (χ4v) is 2.65. The third-order valence-electron chi connectivity index (χ3n) is 3.22. The van der Waals surface area contributed by atoms with Gasteiger partial charge in [-0.2, -0.15) is 0 Å². The lowest BCUT2D eigenvalue weighted by Crippen LogP contribution is -2.13. The highest BCUT2D eigenvalue weighted by atomic mass is 15.0. The second kappa shape index (κ2) is 2.33. The summed E-state index contributed by atoms with van der Waals surface area (Å²) in [5.74, 6) is 0.891. The first-order valence-corrected chi connectivity index (χ1v) is 4.76. The first-order chi connectivity index (χ1) is 5.95. The van der Waals surface area contributed by atoms with Crippen LogP contribution in [0.4, 0.5) is 0 Å². The zero-order valence-electron chi connectivity index (χ0n) is 7.09. The van der Waals surface area contributed by atoms with Crippen LogP contribution < -0.4 is 5.32 Å². The van der Waals surface area contributed by atoms with Gasteiger partial charge in [0.2, 0.25) is 0 Å². The second-order valence-electron chi connectivity index (χ2n) is 3.88. The monoisotopic (exact) mass is 159 g/mol. The van der Waals surface area contributed by atoms with Crippen molar-refractivity contribution in [2.45, 2.75) is 18.9 Å². The Hall–Kier alpha value is -0.820. The Balaban J connectivity index is 2.09. The molecule has 0 aromatic heterocycles. The molecular formula is C11H13N. The van der Waals surface area contributed by atoms with Crippen LogP contribution in [0.15, 0.2) is 24.3 Å². The largest absolute Gasteiger partial charge is 0.310 e. The Kier molecular flexibility index (Phi) is 1.30. The van der Waals surface area contributed by atoms with Crippen molar-refractivity contribution in [3.63, 3.8) is 0 Å². The summed E-state index contributed by atoms with van der Waals surface area (Å²) in [6, 6.07) is 9.54. The van der Waals surface area contributed by atoms with E-state index in [1.54, 1.807) is 11.1 Å². The predicted molar refractivity (Wildman–Crippen MR) is 49.0 cm³/mol. The van der Waals surface area contributed by atoms with Gasteiger partial charge in [0, 0.05) is 6.04 Å². The topological polar surface area (TPSA) is 12.0 Å². The number of fused-ring (bicyclic) bond motifs is 3. The summed E-state index contributed by atoms with van der Waals surface area (Å²) >= 11 is 0. The van der Waals surface area contributed by atoms with Gasteiger partial charge in [-0.3, -0.25) is 0 Å². The lowest BCUT2D eigenvalue weighted by molar-refractivity contribution is 0.504. The van der Waals surface area contributed by atoms with E-state index < -0.39 is 0 Å². The van der Waals surface area contributed by atoms with Crippen molar-refractivity contribution in [1.82, 2.24) is 5.32 Å². The molecule has 2 aliphatic rings. The van der Waals surface area contributed by atoms with E-state index in [1.807, 2.05) is 0 Å². The predicted octanol–water partition coefficient (Wildman–Crippen LogP) is 1.89. The van der Waals surface area contributed by atoms with Crippen LogP contribution in [0.2, 0.25) is 0 Å². The summed E-state index contributed by atoms with van der Waals surface area (Å²) in [7, 11) is 0.